The Bertz CT molecular complexity index is 476. The summed E-state index contributed by atoms with van der Waals surface area (Å²) in [5.41, 5.74) is 0.494. The minimum absolute atomic E-state index is 0.118. The lowest BCUT2D eigenvalue weighted by Gasteiger charge is -2.11. The van der Waals surface area contributed by atoms with Gasteiger partial charge < -0.3 is 14.8 Å². The molecule has 0 bridgehead atoms. The molecule has 0 fully saturated rings. The molecule has 1 rings (SSSR count). The van der Waals surface area contributed by atoms with Crippen molar-refractivity contribution in [1.29, 1.82) is 0 Å². The summed E-state index contributed by atoms with van der Waals surface area (Å²) in [4.78, 5) is 22.4. The number of ether oxygens (including phenoxy) is 2. The van der Waals surface area contributed by atoms with Crippen LogP contribution in [-0.2, 0) is 20.8 Å². The highest BCUT2D eigenvalue weighted by atomic mass is 19.1. The molecule has 0 aliphatic carbocycles. The Labute approximate surface area is 110 Å². The Morgan fingerprint density at radius 2 is 2.00 bits per heavy atom. The molecule has 0 amide bonds. The van der Waals surface area contributed by atoms with Crippen molar-refractivity contribution in [3.05, 3.63) is 35.1 Å². The molecule has 0 saturated heterocycles. The van der Waals surface area contributed by atoms with Gasteiger partial charge in [0.2, 0.25) is 0 Å². The van der Waals surface area contributed by atoms with Crippen LogP contribution in [0.5, 0.6) is 0 Å². The number of hydrogen-bond acceptors (Lipinski definition) is 5. The number of halogens is 1. The van der Waals surface area contributed by atoms with Crippen molar-refractivity contribution >= 4 is 11.9 Å². The SMILES string of the molecule is COC(=O)c1ccc(CNC(C)C(=O)OC)cc1F. The smallest absolute Gasteiger partial charge is 0.340 e. The van der Waals surface area contributed by atoms with Crippen molar-refractivity contribution in [1.82, 2.24) is 5.32 Å². The lowest BCUT2D eigenvalue weighted by molar-refractivity contribution is -0.142. The first kappa shape index (κ1) is 15.1. The van der Waals surface area contributed by atoms with Crippen LogP contribution in [0.2, 0.25) is 0 Å². The van der Waals surface area contributed by atoms with Crippen LogP contribution in [0.15, 0.2) is 18.2 Å². The average molecular weight is 269 g/mol. The lowest BCUT2D eigenvalue weighted by atomic mass is 10.1. The summed E-state index contributed by atoms with van der Waals surface area (Å²) in [6.45, 7) is 1.93. The number of hydrogen-bond donors (Lipinski definition) is 1. The molecule has 0 aliphatic rings. The molecule has 0 saturated carbocycles. The first-order chi connectivity index (χ1) is 8.99. The highest BCUT2D eigenvalue weighted by Crippen LogP contribution is 2.11. The van der Waals surface area contributed by atoms with E-state index in [0.29, 0.717) is 5.56 Å². The van der Waals surface area contributed by atoms with Crippen LogP contribution in [0.4, 0.5) is 4.39 Å². The maximum absolute atomic E-state index is 13.6. The zero-order valence-corrected chi connectivity index (χ0v) is 11.0. The van der Waals surface area contributed by atoms with E-state index >= 15 is 0 Å². The van der Waals surface area contributed by atoms with Gasteiger partial charge in [0.15, 0.2) is 0 Å². The van der Waals surface area contributed by atoms with E-state index in [4.69, 9.17) is 0 Å². The van der Waals surface area contributed by atoms with E-state index in [1.54, 1.807) is 13.0 Å². The Kier molecular flexibility index (Phi) is 5.44. The molecule has 0 heterocycles. The van der Waals surface area contributed by atoms with Crippen LogP contribution in [0, 0.1) is 5.82 Å². The fourth-order valence-electron chi connectivity index (χ4n) is 1.48. The Morgan fingerprint density at radius 1 is 1.32 bits per heavy atom. The first-order valence-electron chi connectivity index (χ1n) is 5.67. The van der Waals surface area contributed by atoms with Crippen molar-refractivity contribution in [2.75, 3.05) is 14.2 Å². The average Bonchev–Trinajstić information content (AvgIpc) is 2.43. The van der Waals surface area contributed by atoms with Gasteiger partial charge in [-0.1, -0.05) is 6.07 Å². The second-order valence-electron chi connectivity index (χ2n) is 3.93. The summed E-state index contributed by atoms with van der Waals surface area (Å²) in [5, 5.41) is 2.88. The number of carbonyl (C=O) groups excluding carboxylic acids is 2. The summed E-state index contributed by atoms with van der Waals surface area (Å²) in [6, 6.07) is 3.67. The largest absolute Gasteiger partial charge is 0.468 e. The maximum Gasteiger partial charge on any atom is 0.340 e. The summed E-state index contributed by atoms with van der Waals surface area (Å²) in [7, 11) is 2.49. The molecule has 0 spiro atoms. The van der Waals surface area contributed by atoms with Crippen LogP contribution >= 0.6 is 0 Å². The topological polar surface area (TPSA) is 64.6 Å². The Hall–Kier alpha value is -1.95. The van der Waals surface area contributed by atoms with Crippen LogP contribution in [0.25, 0.3) is 0 Å². The number of carbonyl (C=O) groups is 2. The van der Waals surface area contributed by atoms with Crippen molar-refractivity contribution in [3.8, 4) is 0 Å². The third-order valence-electron chi connectivity index (χ3n) is 2.61. The molecule has 0 radical (unpaired) electrons. The van der Waals surface area contributed by atoms with Gasteiger partial charge in [-0.15, -0.1) is 0 Å². The molecule has 1 atom stereocenters. The number of benzene rings is 1. The van der Waals surface area contributed by atoms with Crippen LogP contribution in [0.3, 0.4) is 0 Å². The second-order valence-corrected chi connectivity index (χ2v) is 3.93. The Balaban J connectivity index is 2.69. The number of methoxy groups -OCH3 is 2. The van der Waals surface area contributed by atoms with Gasteiger partial charge in [-0.25, -0.2) is 9.18 Å². The van der Waals surface area contributed by atoms with Gasteiger partial charge in [0.05, 0.1) is 19.8 Å². The lowest BCUT2D eigenvalue weighted by Crippen LogP contribution is -2.34. The molecule has 104 valence electrons. The summed E-state index contributed by atoms with van der Waals surface area (Å²) in [5.74, 6) is -1.77. The molecule has 0 aromatic heterocycles. The minimum atomic E-state index is -0.722. The van der Waals surface area contributed by atoms with Gasteiger partial charge in [-0.2, -0.15) is 0 Å². The number of esters is 2. The molecule has 1 unspecified atom stereocenters. The van der Waals surface area contributed by atoms with Gasteiger partial charge in [0.25, 0.3) is 0 Å². The molecule has 1 aromatic carbocycles. The molecule has 6 heteroatoms. The molecule has 0 aliphatic heterocycles. The Morgan fingerprint density at radius 3 is 2.53 bits per heavy atom. The van der Waals surface area contributed by atoms with E-state index in [0.717, 1.165) is 0 Å². The van der Waals surface area contributed by atoms with Gasteiger partial charge in [0, 0.05) is 6.54 Å². The molecule has 5 nitrogen and oxygen atoms in total. The van der Waals surface area contributed by atoms with Crippen LogP contribution in [-0.4, -0.2) is 32.2 Å². The predicted molar refractivity (Wildman–Crippen MR) is 66.1 cm³/mol. The maximum atomic E-state index is 13.6. The molecule has 1 N–H and O–H groups in total. The zero-order chi connectivity index (χ0) is 14.4. The highest BCUT2D eigenvalue weighted by molar-refractivity contribution is 5.89. The number of nitrogens with one attached hydrogen (secondary N) is 1. The van der Waals surface area contributed by atoms with Crippen molar-refractivity contribution in [2.24, 2.45) is 0 Å². The van der Waals surface area contributed by atoms with E-state index in [9.17, 15) is 14.0 Å². The van der Waals surface area contributed by atoms with Crippen molar-refractivity contribution in [3.63, 3.8) is 0 Å². The third-order valence-corrected chi connectivity index (χ3v) is 2.61. The third kappa shape index (κ3) is 4.03. The predicted octanol–water partition coefficient (Wildman–Crippen LogP) is 1.26. The first-order valence-corrected chi connectivity index (χ1v) is 5.67. The van der Waals surface area contributed by atoms with Crippen LogP contribution < -0.4 is 5.32 Å². The number of rotatable bonds is 5. The van der Waals surface area contributed by atoms with E-state index in [1.807, 2.05) is 0 Å². The minimum Gasteiger partial charge on any atom is -0.468 e. The van der Waals surface area contributed by atoms with Crippen LogP contribution in [0.1, 0.15) is 22.8 Å². The summed E-state index contributed by atoms with van der Waals surface area (Å²) in [6.07, 6.45) is 0. The molecular formula is C13H16FNO4. The van der Waals surface area contributed by atoms with Gasteiger partial charge >= 0.3 is 11.9 Å². The molecule has 19 heavy (non-hydrogen) atoms. The highest BCUT2D eigenvalue weighted by Gasteiger charge is 2.14. The molecule has 1 aromatic rings. The van der Waals surface area contributed by atoms with E-state index in [-0.39, 0.29) is 12.1 Å². The summed E-state index contributed by atoms with van der Waals surface area (Å²) < 4.78 is 22.6. The quantitative estimate of drug-likeness (QED) is 0.815. The fourth-order valence-corrected chi connectivity index (χ4v) is 1.48. The van der Waals surface area contributed by atoms with Gasteiger partial charge in [-0.3, -0.25) is 4.79 Å². The zero-order valence-electron chi connectivity index (χ0n) is 11.0. The standard InChI is InChI=1S/C13H16FNO4/c1-8(12(16)18-2)15-7-9-4-5-10(11(14)6-9)13(17)19-3/h4-6,8,15H,7H2,1-3H3. The fraction of sp³-hybridized carbons (Fsp3) is 0.385. The van der Waals surface area contributed by atoms with Gasteiger partial charge in [-0.05, 0) is 24.6 Å². The summed E-state index contributed by atoms with van der Waals surface area (Å²) >= 11 is 0. The van der Waals surface area contributed by atoms with Crippen molar-refractivity contribution < 1.29 is 23.5 Å². The monoisotopic (exact) mass is 269 g/mol. The van der Waals surface area contributed by atoms with E-state index < -0.39 is 23.8 Å². The van der Waals surface area contributed by atoms with E-state index in [1.165, 1.54) is 26.4 Å². The van der Waals surface area contributed by atoms with Gasteiger partial charge in [0.1, 0.15) is 11.9 Å². The molecular weight excluding hydrogens is 253 g/mol. The van der Waals surface area contributed by atoms with Crippen molar-refractivity contribution in [2.45, 2.75) is 19.5 Å². The van der Waals surface area contributed by atoms with E-state index in [2.05, 4.69) is 14.8 Å². The normalized spacial score (nSPS) is 11.8. The second kappa shape index (κ2) is 6.84.